The van der Waals surface area contributed by atoms with E-state index in [1.165, 1.54) is 12.1 Å². The number of hydrogen-bond donors (Lipinski definition) is 3. The molecule has 1 saturated heterocycles. The third-order valence-electron chi connectivity index (χ3n) is 3.33. The largest absolute Gasteiger partial charge is 0.508 e. The summed E-state index contributed by atoms with van der Waals surface area (Å²) < 4.78 is 0. The van der Waals surface area contributed by atoms with Crippen molar-refractivity contribution in [3.05, 3.63) is 27.7 Å². The van der Waals surface area contributed by atoms with Gasteiger partial charge >= 0.3 is 0 Å². The number of benzene rings is 1. The van der Waals surface area contributed by atoms with Gasteiger partial charge in [-0.3, -0.25) is 4.79 Å². The van der Waals surface area contributed by atoms with Crippen molar-refractivity contribution in [3.8, 4) is 5.75 Å². The normalized spacial score (nSPS) is 20.3. The Bertz CT molecular complexity index is 488. The van der Waals surface area contributed by atoms with Crippen LogP contribution in [-0.4, -0.2) is 24.1 Å². The van der Waals surface area contributed by atoms with E-state index in [0.29, 0.717) is 17.1 Å². The smallest absolute Gasteiger partial charge is 0.224 e. The lowest BCUT2D eigenvalue weighted by Gasteiger charge is -2.19. The summed E-state index contributed by atoms with van der Waals surface area (Å²) >= 11 is 12.0. The standard InChI is InChI=1S/C13H16Cl2N2O2/c1-7(17-13(19)8-4-5-16-6-8)11-10(18)3-2-9(14)12(11)15/h2-3,7-8,16,18H,4-6H2,1H3,(H,17,19)/t7-,8-/m0/s1. The molecular weight excluding hydrogens is 287 g/mol. The molecule has 0 spiro atoms. The molecular formula is C13H16Cl2N2O2. The van der Waals surface area contributed by atoms with Gasteiger partial charge in [-0.1, -0.05) is 23.2 Å². The third kappa shape index (κ3) is 3.14. The Morgan fingerprint density at radius 1 is 1.53 bits per heavy atom. The van der Waals surface area contributed by atoms with Crippen LogP contribution in [0.4, 0.5) is 0 Å². The highest BCUT2D eigenvalue weighted by molar-refractivity contribution is 6.42. The zero-order valence-electron chi connectivity index (χ0n) is 10.5. The zero-order chi connectivity index (χ0) is 14.0. The zero-order valence-corrected chi connectivity index (χ0v) is 12.1. The molecule has 3 N–H and O–H groups in total. The molecule has 1 aromatic carbocycles. The van der Waals surface area contributed by atoms with Gasteiger partial charge in [0.25, 0.3) is 0 Å². The number of aromatic hydroxyl groups is 1. The number of phenolic OH excluding ortho intramolecular Hbond substituents is 1. The van der Waals surface area contributed by atoms with Gasteiger partial charge in [-0.2, -0.15) is 0 Å². The molecule has 0 bridgehead atoms. The molecule has 19 heavy (non-hydrogen) atoms. The summed E-state index contributed by atoms with van der Waals surface area (Å²) in [6.45, 7) is 3.32. The van der Waals surface area contributed by atoms with Gasteiger partial charge in [0.1, 0.15) is 5.75 Å². The fourth-order valence-electron chi connectivity index (χ4n) is 2.25. The average molecular weight is 303 g/mol. The van der Waals surface area contributed by atoms with E-state index >= 15 is 0 Å². The summed E-state index contributed by atoms with van der Waals surface area (Å²) in [6, 6.07) is 2.61. The Morgan fingerprint density at radius 2 is 2.26 bits per heavy atom. The minimum absolute atomic E-state index is 0.0254. The van der Waals surface area contributed by atoms with Gasteiger partial charge in [-0.25, -0.2) is 0 Å². The lowest BCUT2D eigenvalue weighted by Crippen LogP contribution is -2.34. The number of carbonyl (C=O) groups is 1. The molecule has 0 saturated carbocycles. The Balaban J connectivity index is 2.13. The summed E-state index contributed by atoms with van der Waals surface area (Å²) in [5.74, 6) is -0.0257. The molecule has 2 atom stereocenters. The molecule has 4 nitrogen and oxygen atoms in total. The second kappa shape index (κ2) is 5.99. The SMILES string of the molecule is C[C@H](NC(=O)[C@H]1CCNC1)c1c(O)ccc(Cl)c1Cl. The van der Waals surface area contributed by atoms with Gasteiger partial charge in [0.2, 0.25) is 5.91 Å². The number of rotatable bonds is 3. The van der Waals surface area contributed by atoms with Crippen LogP contribution in [0.1, 0.15) is 24.9 Å². The first-order chi connectivity index (χ1) is 9.00. The Kier molecular flexibility index (Phi) is 4.55. The van der Waals surface area contributed by atoms with E-state index in [-0.39, 0.29) is 28.6 Å². The van der Waals surface area contributed by atoms with Gasteiger partial charge in [-0.15, -0.1) is 0 Å². The Labute approximate surface area is 122 Å². The highest BCUT2D eigenvalue weighted by Crippen LogP contribution is 2.36. The first-order valence-corrected chi connectivity index (χ1v) is 6.94. The Morgan fingerprint density at radius 3 is 2.89 bits per heavy atom. The fraction of sp³-hybridized carbons (Fsp3) is 0.462. The maximum atomic E-state index is 12.0. The van der Waals surface area contributed by atoms with Crippen LogP contribution < -0.4 is 10.6 Å². The number of nitrogens with one attached hydrogen (secondary N) is 2. The van der Waals surface area contributed by atoms with Crippen LogP contribution in [0.2, 0.25) is 10.0 Å². The van der Waals surface area contributed by atoms with Crippen LogP contribution in [0.3, 0.4) is 0 Å². The quantitative estimate of drug-likeness (QED) is 0.804. The molecule has 0 unspecified atom stereocenters. The number of amides is 1. The maximum absolute atomic E-state index is 12.0. The fourth-order valence-corrected chi connectivity index (χ4v) is 2.74. The van der Waals surface area contributed by atoms with Crippen LogP contribution in [-0.2, 0) is 4.79 Å². The second-order valence-corrected chi connectivity index (χ2v) is 5.50. The van der Waals surface area contributed by atoms with Gasteiger partial charge in [-0.05, 0) is 32.0 Å². The van der Waals surface area contributed by atoms with E-state index in [2.05, 4.69) is 10.6 Å². The minimum atomic E-state index is -0.390. The number of phenols is 1. The first kappa shape index (κ1) is 14.4. The molecule has 2 rings (SSSR count). The average Bonchev–Trinajstić information content (AvgIpc) is 2.88. The first-order valence-electron chi connectivity index (χ1n) is 6.18. The van der Waals surface area contributed by atoms with Crippen molar-refractivity contribution in [2.24, 2.45) is 5.92 Å². The molecule has 0 radical (unpaired) electrons. The molecule has 0 aliphatic carbocycles. The highest BCUT2D eigenvalue weighted by Gasteiger charge is 2.25. The van der Waals surface area contributed by atoms with E-state index in [1.807, 2.05) is 0 Å². The highest BCUT2D eigenvalue weighted by atomic mass is 35.5. The van der Waals surface area contributed by atoms with Crippen molar-refractivity contribution in [2.45, 2.75) is 19.4 Å². The number of carbonyl (C=O) groups excluding carboxylic acids is 1. The lowest BCUT2D eigenvalue weighted by molar-refractivity contribution is -0.125. The van der Waals surface area contributed by atoms with E-state index in [0.717, 1.165) is 13.0 Å². The van der Waals surface area contributed by atoms with Crippen LogP contribution in [0.15, 0.2) is 12.1 Å². The van der Waals surface area contributed by atoms with Crippen LogP contribution >= 0.6 is 23.2 Å². The molecule has 1 amide bonds. The molecule has 1 aromatic rings. The van der Waals surface area contributed by atoms with Crippen molar-refractivity contribution in [3.63, 3.8) is 0 Å². The van der Waals surface area contributed by atoms with Crippen LogP contribution in [0.25, 0.3) is 0 Å². The van der Waals surface area contributed by atoms with Crippen LogP contribution in [0, 0.1) is 5.92 Å². The maximum Gasteiger partial charge on any atom is 0.224 e. The van der Waals surface area contributed by atoms with Gasteiger partial charge in [0, 0.05) is 12.1 Å². The Hall–Kier alpha value is -0.970. The van der Waals surface area contributed by atoms with E-state index in [1.54, 1.807) is 6.92 Å². The minimum Gasteiger partial charge on any atom is -0.508 e. The van der Waals surface area contributed by atoms with E-state index in [9.17, 15) is 9.90 Å². The van der Waals surface area contributed by atoms with Gasteiger partial charge in [0.05, 0.1) is 22.0 Å². The molecule has 1 fully saturated rings. The van der Waals surface area contributed by atoms with Crippen molar-refractivity contribution in [1.82, 2.24) is 10.6 Å². The molecule has 6 heteroatoms. The third-order valence-corrected chi connectivity index (χ3v) is 4.15. The summed E-state index contributed by atoms with van der Waals surface area (Å²) in [4.78, 5) is 12.0. The van der Waals surface area contributed by atoms with Crippen molar-refractivity contribution >= 4 is 29.1 Å². The summed E-state index contributed by atoms with van der Waals surface area (Å²) in [5, 5.41) is 16.5. The monoisotopic (exact) mass is 302 g/mol. The topological polar surface area (TPSA) is 61.4 Å². The number of halogens is 2. The summed E-state index contributed by atoms with van der Waals surface area (Å²) in [6.07, 6.45) is 0.827. The van der Waals surface area contributed by atoms with E-state index in [4.69, 9.17) is 23.2 Å². The van der Waals surface area contributed by atoms with Crippen molar-refractivity contribution in [2.75, 3.05) is 13.1 Å². The van der Waals surface area contributed by atoms with E-state index < -0.39 is 0 Å². The van der Waals surface area contributed by atoms with Crippen molar-refractivity contribution < 1.29 is 9.90 Å². The number of hydrogen-bond acceptors (Lipinski definition) is 3. The van der Waals surface area contributed by atoms with Gasteiger partial charge in [0.15, 0.2) is 0 Å². The van der Waals surface area contributed by atoms with Crippen LogP contribution in [0.5, 0.6) is 5.75 Å². The van der Waals surface area contributed by atoms with Crippen molar-refractivity contribution in [1.29, 1.82) is 0 Å². The lowest BCUT2D eigenvalue weighted by atomic mass is 10.0. The van der Waals surface area contributed by atoms with Gasteiger partial charge < -0.3 is 15.7 Å². The molecule has 0 aromatic heterocycles. The second-order valence-electron chi connectivity index (χ2n) is 4.71. The molecule has 1 aliphatic heterocycles. The molecule has 104 valence electrons. The molecule has 1 aliphatic rings. The summed E-state index contributed by atoms with van der Waals surface area (Å²) in [5.41, 5.74) is 0.452. The predicted octanol–water partition coefficient (Wildman–Crippen LogP) is 2.49. The molecule has 1 heterocycles. The summed E-state index contributed by atoms with van der Waals surface area (Å²) in [7, 11) is 0. The predicted molar refractivity (Wildman–Crippen MR) is 75.7 cm³/mol.